The zero-order valence-corrected chi connectivity index (χ0v) is 17.4. The van der Waals surface area contributed by atoms with Crippen LogP contribution in [-0.2, 0) is 0 Å². The first kappa shape index (κ1) is 24.7. The minimum atomic E-state index is -0.414. The molecule has 0 saturated carbocycles. The van der Waals surface area contributed by atoms with Crippen molar-refractivity contribution in [2.75, 3.05) is 13.1 Å². The van der Waals surface area contributed by atoms with E-state index in [1.54, 1.807) is 6.08 Å². The minimum Gasteiger partial charge on any atom is -0.416 e. The van der Waals surface area contributed by atoms with Gasteiger partial charge in [0.25, 0.3) is 0 Å². The van der Waals surface area contributed by atoms with Crippen molar-refractivity contribution in [1.82, 2.24) is 10.3 Å². The summed E-state index contributed by atoms with van der Waals surface area (Å²) in [5, 5.41) is 3.51. The van der Waals surface area contributed by atoms with Crippen molar-refractivity contribution < 1.29 is 4.42 Å². The lowest BCUT2D eigenvalue weighted by Gasteiger charge is -2.04. The number of nitrogens with one attached hydrogen (secondary N) is 2. The van der Waals surface area contributed by atoms with E-state index in [-0.39, 0.29) is 0 Å². The quantitative estimate of drug-likeness (QED) is 0.358. The highest BCUT2D eigenvalue weighted by atomic mass is 16.4. The van der Waals surface area contributed by atoms with E-state index >= 15 is 0 Å². The summed E-state index contributed by atoms with van der Waals surface area (Å²) >= 11 is 0. The first-order valence-electron chi connectivity index (χ1n) is 10.8. The molecule has 26 heavy (non-hydrogen) atoms. The Morgan fingerprint density at radius 3 is 1.92 bits per heavy atom. The van der Waals surface area contributed by atoms with Crippen LogP contribution in [0.1, 0.15) is 104 Å². The maximum absolute atomic E-state index is 10.3. The number of hydrogen-bond acceptors (Lipinski definition) is 3. The summed E-state index contributed by atoms with van der Waals surface area (Å²) in [4.78, 5) is 12.8. The second kappa shape index (κ2) is 20.0. The second-order valence-electron chi connectivity index (χ2n) is 6.89. The van der Waals surface area contributed by atoms with E-state index in [2.05, 4.69) is 28.6 Å². The molecule has 0 saturated heterocycles. The van der Waals surface area contributed by atoms with E-state index in [0.29, 0.717) is 5.69 Å². The molecule has 0 spiro atoms. The Morgan fingerprint density at radius 1 is 0.885 bits per heavy atom. The third-order valence-electron chi connectivity index (χ3n) is 4.30. The first-order chi connectivity index (χ1) is 12.7. The number of allylic oxidation sites excluding steroid dienone is 1. The SMILES string of the molecule is CC=Cc1coc(=O)[nH]1.CCCCCCCCCCCCNCCCC. The molecular formula is C22H42N2O2. The Morgan fingerprint density at radius 2 is 1.42 bits per heavy atom. The monoisotopic (exact) mass is 366 g/mol. The van der Waals surface area contributed by atoms with E-state index < -0.39 is 5.76 Å². The van der Waals surface area contributed by atoms with Gasteiger partial charge in [-0.2, -0.15) is 0 Å². The molecule has 4 nitrogen and oxygen atoms in total. The van der Waals surface area contributed by atoms with Crippen LogP contribution in [0.4, 0.5) is 0 Å². The maximum atomic E-state index is 10.3. The van der Waals surface area contributed by atoms with Gasteiger partial charge in [-0.1, -0.05) is 84.1 Å². The normalized spacial score (nSPS) is 10.9. The van der Waals surface area contributed by atoms with Gasteiger partial charge in [0.15, 0.2) is 0 Å². The molecular weight excluding hydrogens is 324 g/mol. The van der Waals surface area contributed by atoms with Crippen molar-refractivity contribution >= 4 is 6.08 Å². The molecule has 0 fully saturated rings. The van der Waals surface area contributed by atoms with Crippen molar-refractivity contribution in [1.29, 1.82) is 0 Å². The van der Waals surface area contributed by atoms with E-state index in [9.17, 15) is 4.79 Å². The zero-order chi connectivity index (χ0) is 19.3. The van der Waals surface area contributed by atoms with Gasteiger partial charge >= 0.3 is 5.76 Å². The molecule has 2 N–H and O–H groups in total. The third-order valence-corrected chi connectivity index (χ3v) is 4.30. The van der Waals surface area contributed by atoms with Crippen LogP contribution in [0.15, 0.2) is 21.6 Å². The Labute approximate surface area is 160 Å². The molecule has 0 aliphatic rings. The number of aromatic nitrogens is 1. The summed E-state index contributed by atoms with van der Waals surface area (Å²) < 4.78 is 4.45. The standard InChI is InChI=1S/C16H35N.C6H7NO2/c1-3-5-7-8-9-10-11-12-13-14-16-17-15-6-4-2;1-2-3-5-4-9-6(8)7-5/h17H,3-16H2,1-2H3;2-4H,1H3,(H,7,8). The molecule has 0 radical (unpaired) electrons. The Bertz CT molecular complexity index is 449. The van der Waals surface area contributed by atoms with Crippen LogP contribution in [0.3, 0.4) is 0 Å². The third kappa shape index (κ3) is 17.5. The van der Waals surface area contributed by atoms with Crippen molar-refractivity contribution in [3.63, 3.8) is 0 Å². The van der Waals surface area contributed by atoms with Crippen LogP contribution in [-0.4, -0.2) is 18.1 Å². The first-order valence-corrected chi connectivity index (χ1v) is 10.8. The lowest BCUT2D eigenvalue weighted by molar-refractivity contribution is 0.515. The largest absolute Gasteiger partial charge is 0.416 e. The van der Waals surface area contributed by atoms with Gasteiger partial charge < -0.3 is 9.73 Å². The molecule has 1 aromatic rings. The molecule has 4 heteroatoms. The smallest absolute Gasteiger partial charge is 0.416 e. The van der Waals surface area contributed by atoms with Crippen LogP contribution in [0.2, 0.25) is 0 Å². The van der Waals surface area contributed by atoms with Gasteiger partial charge in [0.05, 0.1) is 5.69 Å². The van der Waals surface area contributed by atoms with Crippen molar-refractivity contribution in [3.05, 3.63) is 28.6 Å². The van der Waals surface area contributed by atoms with Crippen LogP contribution >= 0.6 is 0 Å². The van der Waals surface area contributed by atoms with E-state index in [4.69, 9.17) is 0 Å². The van der Waals surface area contributed by atoms with Crippen LogP contribution in [0.25, 0.3) is 6.08 Å². The molecule has 1 aromatic heterocycles. The minimum absolute atomic E-state index is 0.414. The summed E-state index contributed by atoms with van der Waals surface area (Å²) in [5.74, 6) is -0.414. The number of H-pyrrole nitrogens is 1. The van der Waals surface area contributed by atoms with Crippen LogP contribution < -0.4 is 11.1 Å². The number of hydrogen-bond donors (Lipinski definition) is 2. The maximum Gasteiger partial charge on any atom is 0.416 e. The van der Waals surface area contributed by atoms with Crippen molar-refractivity contribution in [2.45, 2.75) is 97.8 Å². The fraction of sp³-hybridized carbons (Fsp3) is 0.773. The Balaban J connectivity index is 0.000000577. The molecule has 1 rings (SSSR count). The lowest BCUT2D eigenvalue weighted by atomic mass is 10.1. The van der Waals surface area contributed by atoms with Crippen LogP contribution in [0.5, 0.6) is 0 Å². The molecule has 0 atom stereocenters. The van der Waals surface area contributed by atoms with Crippen molar-refractivity contribution in [2.24, 2.45) is 0 Å². The molecule has 0 unspecified atom stereocenters. The van der Waals surface area contributed by atoms with Gasteiger partial charge in [-0.25, -0.2) is 4.79 Å². The summed E-state index contributed by atoms with van der Waals surface area (Å²) in [7, 11) is 0. The number of oxazole rings is 1. The highest BCUT2D eigenvalue weighted by Crippen LogP contribution is 2.10. The van der Waals surface area contributed by atoms with Gasteiger partial charge in [-0.05, 0) is 38.9 Å². The fourth-order valence-corrected chi connectivity index (χ4v) is 2.72. The second-order valence-corrected chi connectivity index (χ2v) is 6.89. The van der Waals surface area contributed by atoms with Crippen molar-refractivity contribution in [3.8, 4) is 0 Å². The average molecular weight is 367 g/mol. The number of unbranched alkanes of at least 4 members (excludes halogenated alkanes) is 10. The topological polar surface area (TPSA) is 58.0 Å². The average Bonchev–Trinajstić information content (AvgIpc) is 3.05. The summed E-state index contributed by atoms with van der Waals surface area (Å²) in [6.45, 7) is 8.85. The number of aromatic amines is 1. The van der Waals surface area contributed by atoms with Crippen LogP contribution in [0, 0.1) is 0 Å². The summed E-state index contributed by atoms with van der Waals surface area (Å²) in [5.41, 5.74) is 0.697. The molecule has 152 valence electrons. The zero-order valence-electron chi connectivity index (χ0n) is 17.4. The highest BCUT2D eigenvalue weighted by molar-refractivity contribution is 5.41. The Hall–Kier alpha value is -1.29. The molecule has 0 amide bonds. The summed E-state index contributed by atoms with van der Waals surface area (Å²) in [6.07, 6.45) is 22.0. The van der Waals surface area contributed by atoms with Gasteiger partial charge in [-0.15, -0.1) is 0 Å². The number of rotatable bonds is 15. The highest BCUT2D eigenvalue weighted by Gasteiger charge is 1.92. The lowest BCUT2D eigenvalue weighted by Crippen LogP contribution is -2.16. The Kier molecular flexibility index (Phi) is 19.0. The molecule has 0 aromatic carbocycles. The summed E-state index contributed by atoms with van der Waals surface area (Å²) in [6, 6.07) is 0. The predicted molar refractivity (Wildman–Crippen MR) is 114 cm³/mol. The van der Waals surface area contributed by atoms with Gasteiger partial charge in [-0.3, -0.25) is 4.98 Å². The van der Waals surface area contributed by atoms with Gasteiger partial charge in [0.2, 0.25) is 0 Å². The van der Waals surface area contributed by atoms with E-state index in [1.165, 1.54) is 96.4 Å². The van der Waals surface area contributed by atoms with E-state index in [1.807, 2.05) is 13.0 Å². The molecule has 0 aliphatic heterocycles. The fourth-order valence-electron chi connectivity index (χ4n) is 2.72. The predicted octanol–water partition coefficient (Wildman–Crippen LogP) is 6.30. The molecule has 0 aliphatic carbocycles. The molecule has 1 heterocycles. The van der Waals surface area contributed by atoms with Gasteiger partial charge in [0, 0.05) is 0 Å². The van der Waals surface area contributed by atoms with Gasteiger partial charge in [0.1, 0.15) is 6.26 Å². The van der Waals surface area contributed by atoms with E-state index in [0.717, 1.165) is 0 Å². The molecule has 0 bridgehead atoms.